The van der Waals surface area contributed by atoms with Crippen molar-refractivity contribution in [3.05, 3.63) is 35.5 Å². The molecule has 0 unspecified atom stereocenters. The maximum absolute atomic E-state index is 6.00. The van der Waals surface area contributed by atoms with Crippen LogP contribution in [0.2, 0.25) is 0 Å². The topological polar surface area (TPSA) is 56.7 Å². The van der Waals surface area contributed by atoms with E-state index in [2.05, 4.69) is 42.4 Å². The third-order valence-electron chi connectivity index (χ3n) is 5.15. The summed E-state index contributed by atoms with van der Waals surface area (Å²) >= 11 is 0. The number of nitrogens with two attached hydrogens (primary N) is 1. The van der Waals surface area contributed by atoms with Crippen LogP contribution in [0.5, 0.6) is 0 Å². The van der Waals surface area contributed by atoms with Gasteiger partial charge in [-0.2, -0.15) is 0 Å². The molecule has 1 aromatic carbocycles. The van der Waals surface area contributed by atoms with Crippen LogP contribution in [-0.2, 0) is 13.1 Å². The fourth-order valence-corrected chi connectivity index (χ4v) is 3.51. The second-order valence-electron chi connectivity index (χ2n) is 7.31. The fourth-order valence-electron chi connectivity index (χ4n) is 3.51. The van der Waals surface area contributed by atoms with Crippen molar-refractivity contribution in [3.8, 4) is 11.3 Å². The highest BCUT2D eigenvalue weighted by Gasteiger charge is 2.14. The molecule has 2 aromatic rings. The van der Waals surface area contributed by atoms with E-state index in [9.17, 15) is 0 Å². The lowest BCUT2D eigenvalue weighted by molar-refractivity contribution is 0.497. The summed E-state index contributed by atoms with van der Waals surface area (Å²) in [4.78, 5) is 0. The van der Waals surface area contributed by atoms with Gasteiger partial charge in [0.05, 0.1) is 5.69 Å². The zero-order valence-corrected chi connectivity index (χ0v) is 16.7. The smallest absolute Gasteiger partial charge is 0.117 e. The van der Waals surface area contributed by atoms with Crippen LogP contribution in [0.3, 0.4) is 0 Å². The summed E-state index contributed by atoms with van der Waals surface area (Å²) in [5.74, 6) is 0. The number of rotatable bonds is 13. The Hall–Kier alpha value is -1.68. The SMILES string of the molecule is CCCCCCCCCCCCn1nnc(-c2ccccc2C)c1CN. The molecule has 0 spiro atoms. The Morgan fingerprint density at radius 1 is 0.885 bits per heavy atom. The molecule has 0 radical (unpaired) electrons. The van der Waals surface area contributed by atoms with E-state index in [-0.39, 0.29) is 0 Å². The number of hydrogen-bond acceptors (Lipinski definition) is 3. The number of nitrogens with zero attached hydrogens (tertiary/aromatic N) is 3. The molecule has 0 bridgehead atoms. The fraction of sp³-hybridized carbons (Fsp3) is 0.636. The van der Waals surface area contributed by atoms with Gasteiger partial charge >= 0.3 is 0 Å². The molecule has 144 valence electrons. The quantitative estimate of drug-likeness (QED) is 0.473. The molecule has 1 aromatic heterocycles. The van der Waals surface area contributed by atoms with Gasteiger partial charge in [0.1, 0.15) is 5.69 Å². The van der Waals surface area contributed by atoms with Crippen molar-refractivity contribution in [2.45, 2.75) is 91.1 Å². The lowest BCUT2D eigenvalue weighted by Gasteiger charge is -2.08. The first-order valence-electron chi connectivity index (χ1n) is 10.5. The molecule has 1 heterocycles. The minimum atomic E-state index is 0.481. The second kappa shape index (κ2) is 11.8. The summed E-state index contributed by atoms with van der Waals surface area (Å²) in [7, 11) is 0. The van der Waals surface area contributed by atoms with Crippen LogP contribution in [0.1, 0.15) is 82.4 Å². The first kappa shape index (κ1) is 20.6. The average molecular weight is 357 g/mol. The maximum atomic E-state index is 6.00. The number of aryl methyl sites for hydroxylation is 2. The van der Waals surface area contributed by atoms with Gasteiger partial charge in [-0.05, 0) is 18.9 Å². The molecule has 2 rings (SSSR count). The standard InChI is InChI=1S/C22H36N4/c1-3-4-5-6-7-8-9-10-11-14-17-26-21(18-23)22(24-25-26)20-16-13-12-15-19(20)2/h12-13,15-16H,3-11,14,17-18,23H2,1-2H3. The predicted octanol–water partition coefficient (Wildman–Crippen LogP) is 5.63. The van der Waals surface area contributed by atoms with Gasteiger partial charge in [0.25, 0.3) is 0 Å². The van der Waals surface area contributed by atoms with E-state index >= 15 is 0 Å². The monoisotopic (exact) mass is 356 g/mol. The van der Waals surface area contributed by atoms with Crippen molar-refractivity contribution in [2.24, 2.45) is 5.73 Å². The Labute approximate surface area is 159 Å². The number of unbranched alkanes of at least 4 members (excludes halogenated alkanes) is 9. The van der Waals surface area contributed by atoms with Gasteiger partial charge in [0.2, 0.25) is 0 Å². The van der Waals surface area contributed by atoms with Crippen molar-refractivity contribution in [1.82, 2.24) is 15.0 Å². The normalized spacial score (nSPS) is 11.2. The summed E-state index contributed by atoms with van der Waals surface area (Å²) in [6, 6.07) is 8.30. The van der Waals surface area contributed by atoms with Crippen molar-refractivity contribution in [2.75, 3.05) is 0 Å². The molecule has 0 aliphatic rings. The van der Waals surface area contributed by atoms with Gasteiger partial charge in [-0.25, -0.2) is 4.68 Å². The Bertz CT molecular complexity index is 633. The first-order valence-corrected chi connectivity index (χ1v) is 10.5. The number of aromatic nitrogens is 3. The van der Waals surface area contributed by atoms with E-state index in [4.69, 9.17) is 5.73 Å². The zero-order chi connectivity index (χ0) is 18.6. The Balaban J connectivity index is 1.73. The number of hydrogen-bond donors (Lipinski definition) is 1. The summed E-state index contributed by atoms with van der Waals surface area (Å²) in [6.45, 7) is 5.78. The molecule has 0 atom stereocenters. The van der Waals surface area contributed by atoms with E-state index in [0.717, 1.165) is 29.9 Å². The van der Waals surface area contributed by atoms with Gasteiger partial charge in [0.15, 0.2) is 0 Å². The third-order valence-corrected chi connectivity index (χ3v) is 5.15. The molecule has 0 fully saturated rings. The summed E-state index contributed by atoms with van der Waals surface area (Å²) < 4.78 is 2.01. The van der Waals surface area contributed by atoms with Crippen LogP contribution < -0.4 is 5.73 Å². The molecule has 0 amide bonds. The second-order valence-corrected chi connectivity index (χ2v) is 7.31. The lowest BCUT2D eigenvalue weighted by Crippen LogP contribution is -2.10. The zero-order valence-electron chi connectivity index (χ0n) is 16.7. The van der Waals surface area contributed by atoms with Gasteiger partial charge in [-0.3, -0.25) is 0 Å². The van der Waals surface area contributed by atoms with Gasteiger partial charge in [-0.1, -0.05) is 94.2 Å². The summed E-state index contributed by atoms with van der Waals surface area (Å²) in [5.41, 5.74) is 10.4. The van der Waals surface area contributed by atoms with E-state index in [1.165, 1.54) is 63.4 Å². The van der Waals surface area contributed by atoms with Crippen molar-refractivity contribution in [3.63, 3.8) is 0 Å². The number of benzene rings is 1. The van der Waals surface area contributed by atoms with Crippen molar-refractivity contribution in [1.29, 1.82) is 0 Å². The highest BCUT2D eigenvalue weighted by atomic mass is 15.4. The van der Waals surface area contributed by atoms with Crippen molar-refractivity contribution >= 4 is 0 Å². The minimum Gasteiger partial charge on any atom is -0.325 e. The maximum Gasteiger partial charge on any atom is 0.117 e. The van der Waals surface area contributed by atoms with Crippen molar-refractivity contribution < 1.29 is 0 Å². The Morgan fingerprint density at radius 2 is 1.50 bits per heavy atom. The minimum absolute atomic E-state index is 0.481. The van der Waals surface area contributed by atoms with E-state index in [1.807, 2.05) is 10.7 Å². The van der Waals surface area contributed by atoms with Gasteiger partial charge in [0, 0.05) is 18.7 Å². The molecular formula is C22H36N4. The van der Waals surface area contributed by atoms with Crippen LogP contribution in [0.4, 0.5) is 0 Å². The van der Waals surface area contributed by atoms with Crippen LogP contribution in [0, 0.1) is 6.92 Å². The summed E-state index contributed by atoms with van der Waals surface area (Å²) in [5, 5.41) is 8.78. The molecule has 0 aliphatic carbocycles. The highest BCUT2D eigenvalue weighted by Crippen LogP contribution is 2.24. The molecule has 0 aliphatic heterocycles. The van der Waals surface area contributed by atoms with E-state index in [1.54, 1.807) is 0 Å². The molecule has 4 nitrogen and oxygen atoms in total. The average Bonchev–Trinajstić information content (AvgIpc) is 3.06. The van der Waals surface area contributed by atoms with E-state index in [0.29, 0.717) is 6.54 Å². The molecule has 0 saturated carbocycles. The van der Waals surface area contributed by atoms with Gasteiger partial charge in [-0.15, -0.1) is 5.10 Å². The van der Waals surface area contributed by atoms with Crippen LogP contribution in [0.25, 0.3) is 11.3 Å². The largest absolute Gasteiger partial charge is 0.325 e. The molecule has 4 heteroatoms. The lowest BCUT2D eigenvalue weighted by atomic mass is 10.0. The predicted molar refractivity (Wildman–Crippen MR) is 110 cm³/mol. The van der Waals surface area contributed by atoms with Crippen LogP contribution in [-0.4, -0.2) is 15.0 Å². The molecule has 0 saturated heterocycles. The molecule has 26 heavy (non-hydrogen) atoms. The van der Waals surface area contributed by atoms with E-state index < -0.39 is 0 Å². The highest BCUT2D eigenvalue weighted by molar-refractivity contribution is 5.65. The van der Waals surface area contributed by atoms with Crippen LogP contribution in [0.15, 0.2) is 24.3 Å². The first-order chi connectivity index (χ1) is 12.8. The Morgan fingerprint density at radius 3 is 2.12 bits per heavy atom. The van der Waals surface area contributed by atoms with Gasteiger partial charge < -0.3 is 5.73 Å². The molecular weight excluding hydrogens is 320 g/mol. The Kier molecular flexibility index (Phi) is 9.40. The summed E-state index contributed by atoms with van der Waals surface area (Å²) in [6.07, 6.45) is 13.4. The third kappa shape index (κ3) is 6.24. The van der Waals surface area contributed by atoms with Crippen LogP contribution >= 0.6 is 0 Å². The molecule has 2 N–H and O–H groups in total.